The molecule has 11 heteroatoms. The summed E-state index contributed by atoms with van der Waals surface area (Å²) in [5.41, 5.74) is 17.9. The molecule has 11 nitrogen and oxygen atoms in total. The average molecular weight is 360 g/mol. The highest BCUT2D eigenvalue weighted by molar-refractivity contribution is 5.89. The Balaban J connectivity index is 2.37. The molecule has 1 heterocycles. The largest absolute Gasteiger partial charge is 0.458 e. The van der Waals surface area contributed by atoms with Crippen LogP contribution in [0.25, 0.3) is 20.9 Å². The molecule has 1 aromatic rings. The fourth-order valence-corrected chi connectivity index (χ4v) is 2.56. The first-order valence-corrected chi connectivity index (χ1v) is 7.65. The second-order valence-corrected chi connectivity index (χ2v) is 5.45. The van der Waals surface area contributed by atoms with Gasteiger partial charge in [0.2, 0.25) is 6.29 Å². The number of ether oxygens (including phenoxy) is 3. The molecule has 136 valence electrons. The van der Waals surface area contributed by atoms with E-state index in [0.717, 1.165) is 6.92 Å². The van der Waals surface area contributed by atoms with E-state index in [0.29, 0.717) is 0 Å². The van der Waals surface area contributed by atoms with E-state index in [9.17, 15) is 9.59 Å². The molecule has 1 aliphatic heterocycles. The lowest BCUT2D eigenvalue weighted by Crippen LogP contribution is -2.57. The summed E-state index contributed by atoms with van der Waals surface area (Å²) in [6.07, 6.45) is -3.21. The summed E-state index contributed by atoms with van der Waals surface area (Å²) >= 11 is 0. The average Bonchev–Trinajstić information content (AvgIpc) is 2.61. The predicted octanol–water partition coefficient (Wildman–Crippen LogP) is 2.88. The quantitative estimate of drug-likeness (QED) is 0.341. The lowest BCUT2D eigenvalue weighted by atomic mass is 9.96. The lowest BCUT2D eigenvalue weighted by Gasteiger charge is -2.41. The van der Waals surface area contributed by atoms with Crippen molar-refractivity contribution in [3.05, 3.63) is 56.8 Å². The van der Waals surface area contributed by atoms with Crippen LogP contribution in [-0.2, 0) is 19.0 Å². The van der Waals surface area contributed by atoms with Crippen molar-refractivity contribution < 1.29 is 23.8 Å². The molecule has 0 radical (unpaired) electrons. The molecule has 0 saturated carbocycles. The molecule has 1 fully saturated rings. The number of carbonyl (C=O) groups excluding carboxylic acids is 2. The number of carbonyl (C=O) groups is 2. The second-order valence-electron chi connectivity index (χ2n) is 5.45. The van der Waals surface area contributed by atoms with Gasteiger partial charge in [0.25, 0.3) is 0 Å². The third kappa shape index (κ3) is 4.42. The molecule has 0 N–H and O–H groups in total. The van der Waals surface area contributed by atoms with Crippen molar-refractivity contribution in [3.63, 3.8) is 0 Å². The maximum Gasteiger partial charge on any atom is 0.338 e. The summed E-state index contributed by atoms with van der Waals surface area (Å²) in [4.78, 5) is 29.1. The van der Waals surface area contributed by atoms with Gasteiger partial charge in [0.1, 0.15) is 18.2 Å². The molecule has 0 aliphatic carbocycles. The highest BCUT2D eigenvalue weighted by atomic mass is 16.7. The van der Waals surface area contributed by atoms with Crippen molar-refractivity contribution in [1.29, 1.82) is 0 Å². The van der Waals surface area contributed by atoms with Crippen LogP contribution in [0, 0.1) is 0 Å². The Morgan fingerprint density at radius 3 is 2.27 bits per heavy atom. The van der Waals surface area contributed by atoms with E-state index in [2.05, 4.69) is 20.1 Å². The molecule has 5 atom stereocenters. The molecular formula is C15H16N6O5. The van der Waals surface area contributed by atoms with Crippen molar-refractivity contribution in [2.45, 2.75) is 44.4 Å². The van der Waals surface area contributed by atoms with Crippen molar-refractivity contribution in [3.8, 4) is 0 Å². The van der Waals surface area contributed by atoms with Crippen molar-refractivity contribution >= 4 is 11.9 Å². The first-order valence-electron chi connectivity index (χ1n) is 7.65. The molecule has 1 aliphatic rings. The third-order valence-electron chi connectivity index (χ3n) is 3.69. The number of hydrogen-bond donors (Lipinski definition) is 0. The maximum absolute atomic E-state index is 12.4. The molecule has 1 unspecified atom stereocenters. The Morgan fingerprint density at radius 1 is 1.08 bits per heavy atom. The minimum absolute atomic E-state index is 0.259. The van der Waals surface area contributed by atoms with Crippen LogP contribution in [-0.4, -0.2) is 42.5 Å². The van der Waals surface area contributed by atoms with Gasteiger partial charge in [-0.15, -0.1) is 0 Å². The van der Waals surface area contributed by atoms with Gasteiger partial charge in [-0.1, -0.05) is 28.4 Å². The fourth-order valence-electron chi connectivity index (χ4n) is 2.56. The number of esters is 2. The highest BCUT2D eigenvalue weighted by Crippen LogP contribution is 2.29. The summed E-state index contributed by atoms with van der Waals surface area (Å²) in [6, 6.07) is 5.93. The van der Waals surface area contributed by atoms with Gasteiger partial charge in [-0.25, -0.2) is 4.79 Å². The van der Waals surface area contributed by atoms with Gasteiger partial charge < -0.3 is 14.2 Å². The Morgan fingerprint density at radius 2 is 1.69 bits per heavy atom. The zero-order valence-electron chi connectivity index (χ0n) is 14.0. The zero-order chi connectivity index (χ0) is 19.1. The first kappa shape index (κ1) is 19.1. The van der Waals surface area contributed by atoms with Crippen LogP contribution < -0.4 is 0 Å². The van der Waals surface area contributed by atoms with E-state index in [4.69, 9.17) is 25.3 Å². The van der Waals surface area contributed by atoms with Crippen molar-refractivity contribution in [2.75, 3.05) is 0 Å². The molecular weight excluding hydrogens is 344 g/mol. The van der Waals surface area contributed by atoms with Crippen molar-refractivity contribution in [1.82, 2.24) is 0 Å². The molecule has 0 spiro atoms. The lowest BCUT2D eigenvalue weighted by molar-refractivity contribution is -0.223. The molecule has 0 aromatic heterocycles. The Kier molecular flexibility index (Phi) is 6.40. The summed E-state index contributed by atoms with van der Waals surface area (Å²) in [6.45, 7) is 2.72. The summed E-state index contributed by atoms with van der Waals surface area (Å²) in [5, 5.41) is 7.12. The maximum atomic E-state index is 12.4. The van der Waals surface area contributed by atoms with E-state index in [1.165, 1.54) is 0 Å². The van der Waals surface area contributed by atoms with E-state index in [1.54, 1.807) is 37.3 Å². The highest BCUT2D eigenvalue weighted by Gasteiger charge is 2.47. The third-order valence-corrected chi connectivity index (χ3v) is 3.69. The number of nitrogens with zero attached hydrogens (tertiary/aromatic N) is 6. The molecule has 1 aromatic carbocycles. The Bertz CT molecular complexity index is 759. The van der Waals surface area contributed by atoms with Crippen LogP contribution in [0.1, 0.15) is 24.2 Å². The van der Waals surface area contributed by atoms with Gasteiger partial charge in [-0.05, 0) is 30.1 Å². The van der Waals surface area contributed by atoms with E-state index in [1.807, 2.05) is 0 Å². The molecule has 0 bridgehead atoms. The van der Waals surface area contributed by atoms with E-state index >= 15 is 0 Å². The van der Waals surface area contributed by atoms with Gasteiger partial charge in [0, 0.05) is 16.7 Å². The number of hydrogen-bond acceptors (Lipinski definition) is 7. The van der Waals surface area contributed by atoms with Crippen LogP contribution in [0.5, 0.6) is 0 Å². The minimum atomic E-state index is -1.28. The molecule has 2 rings (SSSR count). The minimum Gasteiger partial charge on any atom is -0.458 e. The smallest absolute Gasteiger partial charge is 0.338 e. The second kappa shape index (κ2) is 8.72. The normalized spacial score (nSPS) is 27.4. The van der Waals surface area contributed by atoms with Gasteiger partial charge in [-0.2, -0.15) is 0 Å². The SMILES string of the molecule is CC(=O)OC1O[C@@H](C)[C@H](N=[N+]=[N-])[C@@H](OC(=O)c2ccccc2)[C@H]1N=[N+]=[N-]. The monoisotopic (exact) mass is 360 g/mol. The van der Waals surface area contributed by atoms with Gasteiger partial charge >= 0.3 is 11.9 Å². The van der Waals surface area contributed by atoms with Crippen LogP contribution in [0.15, 0.2) is 40.6 Å². The predicted molar refractivity (Wildman–Crippen MR) is 87.6 cm³/mol. The van der Waals surface area contributed by atoms with Gasteiger partial charge in [0.05, 0.1) is 11.7 Å². The fraction of sp³-hybridized carbons (Fsp3) is 0.467. The zero-order valence-corrected chi connectivity index (χ0v) is 14.0. The molecule has 0 amide bonds. The topological polar surface area (TPSA) is 159 Å². The Labute approximate surface area is 148 Å². The van der Waals surface area contributed by atoms with Crippen LogP contribution >= 0.6 is 0 Å². The van der Waals surface area contributed by atoms with Crippen LogP contribution in [0.2, 0.25) is 0 Å². The van der Waals surface area contributed by atoms with E-state index < -0.39 is 42.5 Å². The van der Waals surface area contributed by atoms with Gasteiger partial charge in [0.15, 0.2) is 0 Å². The van der Waals surface area contributed by atoms with Crippen LogP contribution in [0.3, 0.4) is 0 Å². The molecule has 1 saturated heterocycles. The summed E-state index contributed by atoms with van der Waals surface area (Å²) in [7, 11) is 0. The number of azide groups is 2. The molecule has 26 heavy (non-hydrogen) atoms. The number of benzene rings is 1. The first-order chi connectivity index (χ1) is 12.5. The summed E-state index contributed by atoms with van der Waals surface area (Å²) < 4.78 is 15.9. The van der Waals surface area contributed by atoms with Crippen LogP contribution in [0.4, 0.5) is 0 Å². The van der Waals surface area contributed by atoms with Crippen molar-refractivity contribution in [2.24, 2.45) is 10.2 Å². The van der Waals surface area contributed by atoms with Gasteiger partial charge in [-0.3, -0.25) is 4.79 Å². The number of rotatable bonds is 5. The summed E-state index contributed by atoms with van der Waals surface area (Å²) in [5.74, 6) is -1.38. The Hall–Kier alpha value is -3.26. The van der Waals surface area contributed by atoms with E-state index in [-0.39, 0.29) is 5.56 Å². The standard InChI is InChI=1S/C15H16N6O5/c1-8-11(18-20-16)13(26-14(23)10-6-4-3-5-7-10)12(19-21-17)15(24-8)25-9(2)22/h3-8,11-13,15H,1-2H3/t8-,11-,12+,13+,15?/m0/s1.